The first-order chi connectivity index (χ1) is 10.1. The van der Waals surface area contributed by atoms with Crippen LogP contribution in [-0.2, 0) is 6.42 Å². The van der Waals surface area contributed by atoms with Crippen LogP contribution in [0.3, 0.4) is 0 Å². The lowest BCUT2D eigenvalue weighted by molar-refractivity contribution is 0.527. The molecule has 2 heteroatoms. The van der Waals surface area contributed by atoms with Crippen molar-refractivity contribution in [3.8, 4) is 0 Å². The molecule has 0 radical (unpaired) electrons. The molecule has 2 rings (SSSR count). The number of hydrogen-bond donors (Lipinski definition) is 1. The first kappa shape index (κ1) is 16.3. The van der Waals surface area contributed by atoms with Crippen molar-refractivity contribution in [3.05, 3.63) is 69.2 Å². The van der Waals surface area contributed by atoms with E-state index in [-0.39, 0.29) is 0 Å². The lowest BCUT2D eigenvalue weighted by Gasteiger charge is -2.22. The Kier molecular flexibility index (Phi) is 6.01. The van der Waals surface area contributed by atoms with E-state index in [1.807, 2.05) is 0 Å². The monoisotopic (exact) mass is 345 g/mol. The molecule has 0 aromatic heterocycles. The van der Waals surface area contributed by atoms with E-state index in [0.29, 0.717) is 6.04 Å². The molecule has 21 heavy (non-hydrogen) atoms. The Morgan fingerprint density at radius 2 is 1.76 bits per heavy atom. The fourth-order valence-electron chi connectivity index (χ4n) is 2.60. The minimum atomic E-state index is 0.381. The normalized spacial score (nSPS) is 12.4. The summed E-state index contributed by atoms with van der Waals surface area (Å²) in [6.45, 7) is 7.64. The van der Waals surface area contributed by atoms with Crippen LogP contribution in [0.4, 0.5) is 0 Å². The minimum absolute atomic E-state index is 0.381. The fraction of sp³-hybridized carbons (Fsp3) is 0.368. The second-order valence-electron chi connectivity index (χ2n) is 5.70. The van der Waals surface area contributed by atoms with E-state index in [1.54, 1.807) is 0 Å². The van der Waals surface area contributed by atoms with Gasteiger partial charge in [-0.25, -0.2) is 0 Å². The molecule has 2 aromatic rings. The third-order valence-corrected chi connectivity index (χ3v) is 4.33. The van der Waals surface area contributed by atoms with Gasteiger partial charge in [0.1, 0.15) is 0 Å². The van der Waals surface area contributed by atoms with Gasteiger partial charge in [-0.2, -0.15) is 0 Å². The highest BCUT2D eigenvalue weighted by atomic mass is 79.9. The molecule has 0 aliphatic carbocycles. The number of hydrogen-bond acceptors (Lipinski definition) is 1. The fourth-order valence-corrected chi connectivity index (χ4v) is 2.87. The molecule has 1 nitrogen and oxygen atoms in total. The van der Waals surface area contributed by atoms with Crippen LogP contribution in [0.5, 0.6) is 0 Å². The minimum Gasteiger partial charge on any atom is -0.310 e. The standard InChI is InChI=1S/C19H24BrN/c1-4-11-21-19(13-16-7-9-17(20)10-8-16)18-12-14(2)5-6-15(18)3/h5-10,12,19,21H,4,11,13H2,1-3H3. The van der Waals surface area contributed by atoms with Crippen molar-refractivity contribution in [1.29, 1.82) is 0 Å². The average Bonchev–Trinajstić information content (AvgIpc) is 2.48. The summed E-state index contributed by atoms with van der Waals surface area (Å²) >= 11 is 3.50. The molecule has 1 atom stereocenters. The van der Waals surface area contributed by atoms with Crippen LogP contribution >= 0.6 is 15.9 Å². The molecule has 0 saturated heterocycles. The van der Waals surface area contributed by atoms with Gasteiger partial charge in [-0.1, -0.05) is 58.7 Å². The summed E-state index contributed by atoms with van der Waals surface area (Å²) in [6.07, 6.45) is 2.18. The molecule has 0 saturated carbocycles. The Hall–Kier alpha value is -1.12. The first-order valence-electron chi connectivity index (χ1n) is 7.65. The van der Waals surface area contributed by atoms with Gasteiger partial charge in [-0.05, 0) is 62.1 Å². The van der Waals surface area contributed by atoms with Gasteiger partial charge in [0.25, 0.3) is 0 Å². The maximum Gasteiger partial charge on any atom is 0.0363 e. The van der Waals surface area contributed by atoms with Crippen molar-refractivity contribution in [3.63, 3.8) is 0 Å². The maximum atomic E-state index is 3.71. The summed E-state index contributed by atoms with van der Waals surface area (Å²) in [5, 5.41) is 3.71. The SMILES string of the molecule is CCCNC(Cc1ccc(Br)cc1)c1cc(C)ccc1C. The lowest BCUT2D eigenvalue weighted by atomic mass is 9.94. The molecule has 0 spiro atoms. The van der Waals surface area contributed by atoms with Gasteiger partial charge < -0.3 is 5.32 Å². The van der Waals surface area contributed by atoms with Crippen molar-refractivity contribution in [1.82, 2.24) is 5.32 Å². The van der Waals surface area contributed by atoms with E-state index in [1.165, 1.54) is 22.3 Å². The third-order valence-electron chi connectivity index (χ3n) is 3.80. The van der Waals surface area contributed by atoms with E-state index >= 15 is 0 Å². The highest BCUT2D eigenvalue weighted by Crippen LogP contribution is 2.24. The lowest BCUT2D eigenvalue weighted by Crippen LogP contribution is -2.25. The van der Waals surface area contributed by atoms with Crippen LogP contribution in [0.25, 0.3) is 0 Å². The summed E-state index contributed by atoms with van der Waals surface area (Å²) in [6, 6.07) is 15.8. The van der Waals surface area contributed by atoms with Gasteiger partial charge in [0, 0.05) is 10.5 Å². The highest BCUT2D eigenvalue weighted by Gasteiger charge is 2.14. The zero-order chi connectivity index (χ0) is 15.2. The van der Waals surface area contributed by atoms with Crippen LogP contribution < -0.4 is 5.32 Å². The van der Waals surface area contributed by atoms with E-state index in [4.69, 9.17) is 0 Å². The Balaban J connectivity index is 2.25. The number of halogens is 1. The second-order valence-corrected chi connectivity index (χ2v) is 6.61. The number of rotatable bonds is 6. The number of benzene rings is 2. The van der Waals surface area contributed by atoms with Crippen LogP contribution in [0.2, 0.25) is 0 Å². The quantitative estimate of drug-likeness (QED) is 0.743. The summed E-state index contributed by atoms with van der Waals surface area (Å²) in [7, 11) is 0. The zero-order valence-electron chi connectivity index (χ0n) is 13.1. The van der Waals surface area contributed by atoms with Crippen molar-refractivity contribution >= 4 is 15.9 Å². The van der Waals surface area contributed by atoms with E-state index in [9.17, 15) is 0 Å². The molecule has 0 heterocycles. The van der Waals surface area contributed by atoms with Gasteiger partial charge in [0.15, 0.2) is 0 Å². The molecule has 0 aliphatic heterocycles. The zero-order valence-corrected chi connectivity index (χ0v) is 14.7. The molecule has 0 fully saturated rings. The molecular weight excluding hydrogens is 322 g/mol. The summed E-state index contributed by atoms with van der Waals surface area (Å²) in [5.74, 6) is 0. The number of nitrogens with one attached hydrogen (secondary N) is 1. The van der Waals surface area contributed by atoms with Crippen molar-refractivity contribution in [2.45, 2.75) is 39.7 Å². The first-order valence-corrected chi connectivity index (χ1v) is 8.44. The maximum absolute atomic E-state index is 3.71. The predicted molar refractivity (Wildman–Crippen MR) is 94.8 cm³/mol. The highest BCUT2D eigenvalue weighted by molar-refractivity contribution is 9.10. The van der Waals surface area contributed by atoms with E-state index < -0.39 is 0 Å². The van der Waals surface area contributed by atoms with Gasteiger partial charge in [0.05, 0.1) is 0 Å². The number of aryl methyl sites for hydroxylation is 2. The molecule has 0 amide bonds. The second kappa shape index (κ2) is 7.77. The summed E-state index contributed by atoms with van der Waals surface area (Å²) < 4.78 is 1.14. The van der Waals surface area contributed by atoms with E-state index in [2.05, 4.69) is 84.5 Å². The van der Waals surface area contributed by atoms with Crippen LogP contribution in [-0.4, -0.2) is 6.54 Å². The molecule has 1 unspecified atom stereocenters. The molecular formula is C19H24BrN. The van der Waals surface area contributed by atoms with Crippen LogP contribution in [0, 0.1) is 13.8 Å². The average molecular weight is 346 g/mol. The van der Waals surface area contributed by atoms with E-state index in [0.717, 1.165) is 23.9 Å². The Labute approximate surface area is 136 Å². The van der Waals surface area contributed by atoms with Crippen molar-refractivity contribution in [2.24, 2.45) is 0 Å². The van der Waals surface area contributed by atoms with Gasteiger partial charge in [-0.3, -0.25) is 0 Å². The molecule has 112 valence electrons. The van der Waals surface area contributed by atoms with Crippen molar-refractivity contribution in [2.75, 3.05) is 6.54 Å². The molecule has 0 bridgehead atoms. The Morgan fingerprint density at radius 1 is 1.05 bits per heavy atom. The predicted octanol–water partition coefficient (Wildman–Crippen LogP) is 5.35. The molecule has 1 N–H and O–H groups in total. The topological polar surface area (TPSA) is 12.0 Å². The Bertz CT molecular complexity index is 575. The molecule has 2 aromatic carbocycles. The van der Waals surface area contributed by atoms with Crippen molar-refractivity contribution < 1.29 is 0 Å². The van der Waals surface area contributed by atoms with Gasteiger partial charge >= 0.3 is 0 Å². The van der Waals surface area contributed by atoms with Crippen LogP contribution in [0.1, 0.15) is 41.6 Å². The summed E-state index contributed by atoms with van der Waals surface area (Å²) in [4.78, 5) is 0. The Morgan fingerprint density at radius 3 is 2.43 bits per heavy atom. The van der Waals surface area contributed by atoms with Gasteiger partial charge in [0.2, 0.25) is 0 Å². The van der Waals surface area contributed by atoms with Crippen LogP contribution in [0.15, 0.2) is 46.9 Å². The van der Waals surface area contributed by atoms with Gasteiger partial charge in [-0.15, -0.1) is 0 Å². The smallest absolute Gasteiger partial charge is 0.0363 e. The third kappa shape index (κ3) is 4.69. The largest absolute Gasteiger partial charge is 0.310 e. The summed E-state index contributed by atoms with van der Waals surface area (Å²) in [5.41, 5.74) is 5.49. The molecule has 0 aliphatic rings.